The van der Waals surface area contributed by atoms with E-state index in [9.17, 15) is 4.79 Å². The van der Waals surface area contributed by atoms with Crippen molar-refractivity contribution in [3.05, 3.63) is 51.0 Å². The van der Waals surface area contributed by atoms with Crippen LogP contribution in [0.1, 0.15) is 39.9 Å². The summed E-state index contributed by atoms with van der Waals surface area (Å²) in [6.07, 6.45) is 2.19. The topological polar surface area (TPSA) is 52.2 Å². The third kappa shape index (κ3) is 2.62. The molecule has 28 heavy (non-hydrogen) atoms. The molecule has 0 aliphatic carbocycles. The first-order valence-electron chi connectivity index (χ1n) is 9.79. The molecule has 0 spiro atoms. The first-order chi connectivity index (χ1) is 13.4. The highest BCUT2D eigenvalue weighted by atomic mass is 79.9. The zero-order chi connectivity index (χ0) is 19.6. The van der Waals surface area contributed by atoms with Crippen LogP contribution >= 0.6 is 15.9 Å². The monoisotopic (exact) mass is 438 g/mol. The van der Waals surface area contributed by atoms with Gasteiger partial charge >= 0.3 is 0 Å². The predicted octanol–water partition coefficient (Wildman–Crippen LogP) is 4.75. The minimum absolute atomic E-state index is 0.120. The summed E-state index contributed by atoms with van der Waals surface area (Å²) in [5.74, 6) is 0.965. The maximum absolute atomic E-state index is 13.0. The predicted molar refractivity (Wildman–Crippen MR) is 114 cm³/mol. The number of aromatic nitrogens is 2. The minimum Gasteiger partial charge on any atom is -0.338 e. The number of carbonyl (C=O) groups excluding carboxylic acids is 1. The summed E-state index contributed by atoms with van der Waals surface area (Å²) >= 11 is 3.63. The molecule has 3 heterocycles. The fourth-order valence-corrected chi connectivity index (χ4v) is 5.05. The van der Waals surface area contributed by atoms with Gasteiger partial charge in [0.05, 0.1) is 17.1 Å². The van der Waals surface area contributed by atoms with Gasteiger partial charge in [0.1, 0.15) is 5.82 Å². The van der Waals surface area contributed by atoms with Crippen LogP contribution in [0.3, 0.4) is 0 Å². The molecule has 0 radical (unpaired) electrons. The second-order valence-corrected chi connectivity index (χ2v) is 8.81. The smallest absolute Gasteiger partial charge is 0.268 e. The van der Waals surface area contributed by atoms with Crippen LogP contribution < -0.4 is 0 Å². The van der Waals surface area contributed by atoms with Crippen LogP contribution in [-0.2, 0) is 0 Å². The lowest BCUT2D eigenvalue weighted by Gasteiger charge is -2.24. The van der Waals surface area contributed by atoms with Gasteiger partial charge in [-0.2, -0.15) is 0 Å². The SMILES string of the molecule is Cc1cc(C(=O)N2C3CCN2CC3)ccc1-c1nc2c(C)c(C)c(Br)cc2[nH]1. The molecule has 0 atom stereocenters. The van der Waals surface area contributed by atoms with Crippen LogP contribution in [0.2, 0.25) is 0 Å². The van der Waals surface area contributed by atoms with Crippen molar-refractivity contribution in [3.63, 3.8) is 0 Å². The lowest BCUT2D eigenvalue weighted by molar-refractivity contribution is 0.0334. The highest BCUT2D eigenvalue weighted by molar-refractivity contribution is 9.10. The Kier molecular flexibility index (Phi) is 4.10. The van der Waals surface area contributed by atoms with Crippen LogP contribution in [0.25, 0.3) is 22.4 Å². The number of hydrogen-bond donors (Lipinski definition) is 1. The number of rotatable bonds is 2. The number of fused-ring (bicyclic) bond motifs is 3. The number of hydrogen-bond acceptors (Lipinski definition) is 3. The fourth-order valence-electron chi connectivity index (χ4n) is 4.53. The van der Waals surface area contributed by atoms with Crippen molar-refractivity contribution in [2.24, 2.45) is 0 Å². The van der Waals surface area contributed by atoms with Crippen LogP contribution in [0.15, 0.2) is 28.7 Å². The van der Waals surface area contributed by atoms with Gasteiger partial charge in [0.2, 0.25) is 0 Å². The molecule has 1 amide bonds. The molecule has 2 aromatic carbocycles. The largest absolute Gasteiger partial charge is 0.338 e. The first kappa shape index (κ1) is 17.9. The Morgan fingerprint density at radius 2 is 1.89 bits per heavy atom. The van der Waals surface area contributed by atoms with E-state index in [-0.39, 0.29) is 5.91 Å². The summed E-state index contributed by atoms with van der Waals surface area (Å²) in [6.45, 7) is 8.25. The van der Waals surface area contributed by atoms with Crippen molar-refractivity contribution in [2.75, 3.05) is 13.1 Å². The molecule has 0 saturated carbocycles. The molecule has 5 rings (SSSR count). The summed E-state index contributed by atoms with van der Waals surface area (Å²) in [5, 5.41) is 4.16. The van der Waals surface area contributed by atoms with Crippen molar-refractivity contribution in [1.82, 2.24) is 20.0 Å². The number of benzene rings is 2. The Morgan fingerprint density at radius 3 is 2.54 bits per heavy atom. The Balaban J connectivity index is 1.51. The number of nitrogens with one attached hydrogen (secondary N) is 1. The van der Waals surface area contributed by atoms with E-state index in [1.54, 1.807) is 0 Å². The zero-order valence-electron chi connectivity index (χ0n) is 16.3. The number of carbonyl (C=O) groups is 1. The van der Waals surface area contributed by atoms with Crippen LogP contribution in [-0.4, -0.2) is 45.0 Å². The van der Waals surface area contributed by atoms with E-state index in [1.165, 1.54) is 11.1 Å². The van der Waals surface area contributed by atoms with E-state index in [4.69, 9.17) is 4.98 Å². The Bertz CT molecular complexity index is 1100. The molecule has 2 aliphatic heterocycles. The number of hydrazine groups is 1. The summed E-state index contributed by atoms with van der Waals surface area (Å²) in [5.41, 5.74) is 7.24. The van der Waals surface area contributed by atoms with Crippen LogP contribution in [0.5, 0.6) is 0 Å². The highest BCUT2D eigenvalue weighted by Crippen LogP contribution is 2.33. The van der Waals surface area contributed by atoms with Crippen molar-refractivity contribution >= 4 is 32.9 Å². The van der Waals surface area contributed by atoms with Gasteiger partial charge in [0, 0.05) is 28.7 Å². The fraction of sp³-hybridized carbons (Fsp3) is 0.364. The molecule has 2 saturated heterocycles. The Labute approximate surface area is 172 Å². The van der Waals surface area contributed by atoms with Gasteiger partial charge in [-0.25, -0.2) is 9.99 Å². The zero-order valence-corrected chi connectivity index (χ0v) is 17.9. The summed E-state index contributed by atoms with van der Waals surface area (Å²) in [7, 11) is 0. The molecular formula is C22H23BrN4O. The van der Waals surface area contributed by atoms with E-state index in [0.717, 1.165) is 64.0 Å². The van der Waals surface area contributed by atoms with Crippen molar-refractivity contribution < 1.29 is 4.79 Å². The van der Waals surface area contributed by atoms with E-state index in [0.29, 0.717) is 6.04 Å². The van der Waals surface area contributed by atoms with Gasteiger partial charge < -0.3 is 4.98 Å². The van der Waals surface area contributed by atoms with Crippen molar-refractivity contribution in [2.45, 2.75) is 39.7 Å². The number of H-pyrrole nitrogens is 1. The molecule has 1 N–H and O–H groups in total. The number of imidazole rings is 1. The first-order valence-corrected chi connectivity index (χ1v) is 10.6. The van der Waals surface area contributed by atoms with E-state index >= 15 is 0 Å². The van der Waals surface area contributed by atoms with Crippen LogP contribution in [0, 0.1) is 20.8 Å². The van der Waals surface area contributed by atoms with Gasteiger partial charge in [-0.05, 0) is 68.5 Å². The molecule has 3 aromatic rings. The number of aromatic amines is 1. The second-order valence-electron chi connectivity index (χ2n) is 7.95. The number of nitrogens with zero attached hydrogens (tertiary/aromatic N) is 3. The van der Waals surface area contributed by atoms with Gasteiger partial charge in [-0.3, -0.25) is 9.80 Å². The van der Waals surface area contributed by atoms with E-state index < -0.39 is 0 Å². The third-order valence-electron chi connectivity index (χ3n) is 6.31. The number of piperidine rings is 1. The molecule has 2 fully saturated rings. The molecule has 144 valence electrons. The number of amides is 1. The Morgan fingerprint density at radius 1 is 1.14 bits per heavy atom. The van der Waals surface area contributed by atoms with Gasteiger partial charge in [0.15, 0.2) is 0 Å². The molecule has 6 heteroatoms. The highest BCUT2D eigenvalue weighted by Gasteiger charge is 2.41. The van der Waals surface area contributed by atoms with E-state index in [2.05, 4.69) is 45.8 Å². The molecule has 2 aliphatic rings. The number of halogens is 1. The van der Waals surface area contributed by atoms with Gasteiger partial charge in [-0.1, -0.05) is 22.0 Å². The summed E-state index contributed by atoms with van der Waals surface area (Å²) in [6, 6.07) is 8.42. The third-order valence-corrected chi connectivity index (χ3v) is 7.13. The lowest BCUT2D eigenvalue weighted by Crippen LogP contribution is -2.38. The minimum atomic E-state index is 0.120. The molecule has 2 bridgehead atoms. The van der Waals surface area contributed by atoms with Gasteiger partial charge in [-0.15, -0.1) is 0 Å². The van der Waals surface area contributed by atoms with Crippen LogP contribution in [0.4, 0.5) is 0 Å². The quantitative estimate of drug-likeness (QED) is 0.627. The average molecular weight is 439 g/mol. The summed E-state index contributed by atoms with van der Waals surface area (Å²) in [4.78, 5) is 21.3. The van der Waals surface area contributed by atoms with Gasteiger partial charge in [0.25, 0.3) is 5.91 Å². The standard InChI is InChI=1S/C22H23BrN4O/c1-12-10-15(22(28)27-16-6-8-26(27)9-7-16)4-5-17(12)21-24-19-11-18(23)13(2)14(3)20(19)25-21/h4-5,10-11,16H,6-9H2,1-3H3,(H,24,25). The average Bonchev–Trinajstić information content (AvgIpc) is 3.39. The van der Waals surface area contributed by atoms with Crippen molar-refractivity contribution in [3.8, 4) is 11.4 Å². The number of aryl methyl sites for hydroxylation is 2. The molecular weight excluding hydrogens is 416 g/mol. The van der Waals surface area contributed by atoms with E-state index in [1.807, 2.05) is 30.1 Å². The molecule has 1 aromatic heterocycles. The lowest BCUT2D eigenvalue weighted by atomic mass is 10.0. The maximum atomic E-state index is 13.0. The molecule has 0 unspecified atom stereocenters. The second kappa shape index (κ2) is 6.42. The Hall–Kier alpha value is -2.18. The molecule has 5 nitrogen and oxygen atoms in total. The summed E-state index contributed by atoms with van der Waals surface area (Å²) < 4.78 is 1.08. The van der Waals surface area contributed by atoms with Crippen molar-refractivity contribution in [1.29, 1.82) is 0 Å². The maximum Gasteiger partial charge on any atom is 0.268 e. The normalized spacial score (nSPS) is 21.1.